The zero-order chi connectivity index (χ0) is 16.9. The number of hydrogen-bond acceptors (Lipinski definition) is 5. The molecule has 0 radical (unpaired) electrons. The number of benzene rings is 1. The monoisotopic (exact) mass is 345 g/mol. The molecule has 2 aromatic rings. The smallest absolute Gasteiger partial charge is 0.265 e. The van der Waals surface area contributed by atoms with Crippen molar-refractivity contribution in [2.75, 3.05) is 18.5 Å². The standard InChI is InChI=1S/C18H19NO4S/c1-12(20)16-7-8-17(24-16)18(21)19-13-4-2-5-14(10-13)23-11-15-6-3-9-22-15/h2,4-5,7-8,10,15H,3,6,9,11H2,1H3,(H,19,21). The van der Waals surface area contributed by atoms with Gasteiger partial charge in [-0.3, -0.25) is 9.59 Å². The summed E-state index contributed by atoms with van der Waals surface area (Å²) in [4.78, 5) is 24.7. The predicted octanol–water partition coefficient (Wildman–Crippen LogP) is 3.76. The highest BCUT2D eigenvalue weighted by Crippen LogP contribution is 2.22. The van der Waals surface area contributed by atoms with Crippen LogP contribution in [-0.4, -0.2) is 31.0 Å². The number of carbonyl (C=O) groups is 2. The van der Waals surface area contributed by atoms with Gasteiger partial charge in [0.25, 0.3) is 5.91 Å². The number of hydrogen-bond donors (Lipinski definition) is 1. The third-order valence-electron chi connectivity index (χ3n) is 3.73. The van der Waals surface area contributed by atoms with Crippen LogP contribution in [0.1, 0.15) is 39.1 Å². The summed E-state index contributed by atoms with van der Waals surface area (Å²) < 4.78 is 11.3. The molecule has 126 valence electrons. The predicted molar refractivity (Wildman–Crippen MR) is 93.2 cm³/mol. The number of Topliss-reactive ketones (excluding diaryl/α,β-unsaturated/α-hetero) is 1. The minimum atomic E-state index is -0.233. The summed E-state index contributed by atoms with van der Waals surface area (Å²) >= 11 is 1.19. The first-order valence-corrected chi connectivity index (χ1v) is 8.70. The lowest BCUT2D eigenvalue weighted by Gasteiger charge is -2.12. The topological polar surface area (TPSA) is 64.6 Å². The van der Waals surface area contributed by atoms with Crippen LogP contribution in [0.4, 0.5) is 5.69 Å². The zero-order valence-corrected chi connectivity index (χ0v) is 14.2. The van der Waals surface area contributed by atoms with Crippen molar-refractivity contribution < 1.29 is 19.1 Å². The van der Waals surface area contributed by atoms with Gasteiger partial charge in [-0.2, -0.15) is 0 Å². The molecule has 1 amide bonds. The first-order valence-electron chi connectivity index (χ1n) is 7.88. The van der Waals surface area contributed by atoms with Crippen LogP contribution in [0.15, 0.2) is 36.4 Å². The van der Waals surface area contributed by atoms with Crippen molar-refractivity contribution in [3.05, 3.63) is 46.2 Å². The lowest BCUT2D eigenvalue weighted by molar-refractivity contribution is 0.0680. The van der Waals surface area contributed by atoms with E-state index in [0.29, 0.717) is 27.8 Å². The van der Waals surface area contributed by atoms with Gasteiger partial charge in [0.15, 0.2) is 5.78 Å². The Hall–Kier alpha value is -2.18. The second-order valence-corrected chi connectivity index (χ2v) is 6.73. The van der Waals surface area contributed by atoms with Crippen molar-refractivity contribution in [1.29, 1.82) is 0 Å². The van der Waals surface area contributed by atoms with Gasteiger partial charge in [0.1, 0.15) is 12.4 Å². The van der Waals surface area contributed by atoms with Crippen molar-refractivity contribution in [1.82, 2.24) is 0 Å². The molecule has 1 fully saturated rings. The van der Waals surface area contributed by atoms with Gasteiger partial charge < -0.3 is 14.8 Å². The fourth-order valence-corrected chi connectivity index (χ4v) is 3.27. The van der Waals surface area contributed by atoms with Gasteiger partial charge in [0.2, 0.25) is 0 Å². The van der Waals surface area contributed by atoms with Gasteiger partial charge in [-0.1, -0.05) is 6.07 Å². The van der Waals surface area contributed by atoms with E-state index in [-0.39, 0.29) is 17.8 Å². The summed E-state index contributed by atoms with van der Waals surface area (Å²) in [6.07, 6.45) is 2.25. The summed E-state index contributed by atoms with van der Waals surface area (Å²) in [5.74, 6) is 0.422. The Labute approximate surface area is 144 Å². The van der Waals surface area contributed by atoms with Crippen molar-refractivity contribution in [3.63, 3.8) is 0 Å². The van der Waals surface area contributed by atoms with E-state index in [1.165, 1.54) is 18.3 Å². The molecular formula is C18H19NO4S. The molecule has 1 aliphatic heterocycles. The normalized spacial score (nSPS) is 16.8. The largest absolute Gasteiger partial charge is 0.491 e. The van der Waals surface area contributed by atoms with E-state index in [1.807, 2.05) is 12.1 Å². The zero-order valence-electron chi connectivity index (χ0n) is 13.4. The molecule has 0 saturated carbocycles. The molecule has 1 saturated heterocycles. The van der Waals surface area contributed by atoms with E-state index >= 15 is 0 Å². The Kier molecular flexibility index (Phi) is 5.27. The molecule has 24 heavy (non-hydrogen) atoms. The van der Waals surface area contributed by atoms with Crippen molar-refractivity contribution in [3.8, 4) is 5.75 Å². The van der Waals surface area contributed by atoms with Crippen LogP contribution in [-0.2, 0) is 4.74 Å². The quantitative estimate of drug-likeness (QED) is 0.810. The minimum Gasteiger partial charge on any atom is -0.491 e. The van der Waals surface area contributed by atoms with Crippen molar-refractivity contribution >= 4 is 28.7 Å². The summed E-state index contributed by atoms with van der Waals surface area (Å²) in [5, 5.41) is 2.83. The number of rotatable bonds is 6. The first kappa shape index (κ1) is 16.7. The lowest BCUT2D eigenvalue weighted by Crippen LogP contribution is -2.16. The number of carbonyl (C=O) groups excluding carboxylic acids is 2. The maximum absolute atomic E-state index is 12.3. The van der Waals surface area contributed by atoms with Crippen LogP contribution in [0.3, 0.4) is 0 Å². The molecule has 1 atom stereocenters. The number of anilines is 1. The first-order chi connectivity index (χ1) is 11.6. The van der Waals surface area contributed by atoms with Crippen LogP contribution >= 0.6 is 11.3 Å². The van der Waals surface area contributed by atoms with Gasteiger partial charge in [0.05, 0.1) is 15.9 Å². The van der Waals surface area contributed by atoms with Crippen molar-refractivity contribution in [2.24, 2.45) is 0 Å². The second-order valence-electron chi connectivity index (χ2n) is 5.65. The highest BCUT2D eigenvalue weighted by molar-refractivity contribution is 7.16. The van der Waals surface area contributed by atoms with E-state index in [1.54, 1.807) is 24.3 Å². The number of thiophene rings is 1. The second kappa shape index (κ2) is 7.59. The molecule has 1 aliphatic rings. The van der Waals surface area contributed by atoms with Crippen LogP contribution in [0.25, 0.3) is 0 Å². The van der Waals surface area contributed by atoms with E-state index in [0.717, 1.165) is 19.4 Å². The molecule has 1 aromatic carbocycles. The Morgan fingerprint density at radius 3 is 2.83 bits per heavy atom. The summed E-state index contributed by atoms with van der Waals surface area (Å²) in [6, 6.07) is 10.6. The van der Waals surface area contributed by atoms with Gasteiger partial charge in [-0.05, 0) is 44.0 Å². The molecule has 0 aliphatic carbocycles. The molecular weight excluding hydrogens is 326 g/mol. The Morgan fingerprint density at radius 2 is 2.12 bits per heavy atom. The number of nitrogens with one attached hydrogen (secondary N) is 1. The summed E-state index contributed by atoms with van der Waals surface area (Å²) in [6.45, 7) is 2.81. The fraction of sp³-hybridized carbons (Fsp3) is 0.333. The highest BCUT2D eigenvalue weighted by Gasteiger charge is 2.16. The Balaban J connectivity index is 1.60. The van der Waals surface area contributed by atoms with E-state index in [9.17, 15) is 9.59 Å². The van der Waals surface area contributed by atoms with Gasteiger partial charge in [0, 0.05) is 18.4 Å². The maximum atomic E-state index is 12.3. The molecule has 6 heteroatoms. The third-order valence-corrected chi connectivity index (χ3v) is 4.91. The highest BCUT2D eigenvalue weighted by atomic mass is 32.1. The molecule has 0 spiro atoms. The number of amides is 1. The summed E-state index contributed by atoms with van der Waals surface area (Å²) in [5.41, 5.74) is 0.655. The Bertz CT molecular complexity index is 734. The van der Waals surface area contributed by atoms with Crippen LogP contribution < -0.4 is 10.1 Å². The minimum absolute atomic E-state index is 0.0384. The van der Waals surface area contributed by atoms with Crippen molar-refractivity contribution in [2.45, 2.75) is 25.9 Å². The Morgan fingerprint density at radius 1 is 1.29 bits per heavy atom. The molecule has 1 unspecified atom stereocenters. The average molecular weight is 345 g/mol. The number of ketones is 1. The van der Waals surface area contributed by atoms with Crippen LogP contribution in [0.2, 0.25) is 0 Å². The molecule has 5 nitrogen and oxygen atoms in total. The van der Waals surface area contributed by atoms with E-state index in [2.05, 4.69) is 5.32 Å². The van der Waals surface area contributed by atoms with Crippen LogP contribution in [0, 0.1) is 0 Å². The summed E-state index contributed by atoms with van der Waals surface area (Å²) in [7, 11) is 0. The molecule has 0 bridgehead atoms. The van der Waals surface area contributed by atoms with E-state index < -0.39 is 0 Å². The van der Waals surface area contributed by atoms with E-state index in [4.69, 9.17) is 9.47 Å². The third kappa shape index (κ3) is 4.21. The van der Waals surface area contributed by atoms with Gasteiger partial charge in [-0.15, -0.1) is 11.3 Å². The van der Waals surface area contributed by atoms with Gasteiger partial charge >= 0.3 is 0 Å². The molecule has 3 rings (SSSR count). The SMILES string of the molecule is CC(=O)c1ccc(C(=O)Nc2cccc(OCC3CCCO3)c2)s1. The maximum Gasteiger partial charge on any atom is 0.265 e. The lowest BCUT2D eigenvalue weighted by atomic mass is 10.2. The van der Waals surface area contributed by atoms with Gasteiger partial charge in [-0.25, -0.2) is 0 Å². The number of ether oxygens (including phenoxy) is 2. The average Bonchev–Trinajstić information content (AvgIpc) is 3.25. The molecule has 1 aromatic heterocycles. The molecule has 2 heterocycles. The fourth-order valence-electron chi connectivity index (χ4n) is 2.47. The molecule has 1 N–H and O–H groups in total. The van der Waals surface area contributed by atoms with Crippen LogP contribution in [0.5, 0.6) is 5.75 Å².